The molecule has 2 heterocycles. The maximum Gasteiger partial charge on any atom is 0.164 e. The molecule has 7 heteroatoms. The number of likely N-dealkylation sites (N-methyl/N-ethyl adjacent to an activating group) is 1. The molecule has 0 aliphatic rings. The molecule has 0 saturated heterocycles. The Morgan fingerprint density at radius 1 is 1.30 bits per heavy atom. The lowest BCUT2D eigenvalue weighted by Crippen LogP contribution is -2.34. The number of aromatic nitrogens is 4. The second-order valence-corrected chi connectivity index (χ2v) is 5.39. The molecule has 0 saturated carbocycles. The van der Waals surface area contributed by atoms with Crippen molar-refractivity contribution >= 4 is 22.9 Å². The molecule has 0 unspecified atom stereocenters. The lowest BCUT2D eigenvalue weighted by Gasteiger charge is -2.22. The van der Waals surface area contributed by atoms with E-state index in [1.54, 1.807) is 24.4 Å². The zero-order valence-corrected chi connectivity index (χ0v) is 13.0. The predicted molar refractivity (Wildman–Crippen MR) is 80.9 cm³/mol. The molecule has 2 aromatic rings. The van der Waals surface area contributed by atoms with Gasteiger partial charge in [-0.15, -0.1) is 11.8 Å². The second-order valence-electron chi connectivity index (χ2n) is 4.59. The van der Waals surface area contributed by atoms with Crippen LogP contribution in [0.15, 0.2) is 17.7 Å². The van der Waals surface area contributed by atoms with E-state index in [-0.39, 0.29) is 0 Å². The summed E-state index contributed by atoms with van der Waals surface area (Å²) in [7, 11) is 0. The summed E-state index contributed by atoms with van der Waals surface area (Å²) in [4.78, 5) is 15.0. The van der Waals surface area contributed by atoms with Crippen LogP contribution in [0.5, 0.6) is 0 Å². The second kappa shape index (κ2) is 7.01. The molecule has 110 valence electrons. The Morgan fingerprint density at radius 3 is 2.70 bits per heavy atom. The molecule has 2 rings (SSSR count). The van der Waals surface area contributed by atoms with E-state index in [2.05, 4.69) is 33.7 Å². The van der Waals surface area contributed by atoms with Crippen molar-refractivity contribution in [3.63, 3.8) is 0 Å². The van der Waals surface area contributed by atoms with Gasteiger partial charge in [-0.1, -0.05) is 13.8 Å². The van der Waals surface area contributed by atoms with Crippen molar-refractivity contribution < 1.29 is 5.11 Å². The average molecular weight is 295 g/mol. The summed E-state index contributed by atoms with van der Waals surface area (Å²) in [6.07, 6.45) is 4.81. The van der Waals surface area contributed by atoms with Crippen molar-refractivity contribution in [1.82, 2.24) is 24.4 Å². The van der Waals surface area contributed by atoms with Crippen molar-refractivity contribution in [2.45, 2.75) is 31.5 Å². The number of aliphatic hydroxyl groups is 1. The number of rotatable bonds is 7. The van der Waals surface area contributed by atoms with Gasteiger partial charge in [-0.25, -0.2) is 15.0 Å². The van der Waals surface area contributed by atoms with E-state index in [0.29, 0.717) is 13.1 Å². The smallest absolute Gasteiger partial charge is 0.164 e. The minimum atomic E-state index is -0.431. The Kier molecular flexibility index (Phi) is 5.33. The normalized spacial score (nSPS) is 13.2. The molecule has 1 atom stereocenters. The van der Waals surface area contributed by atoms with Gasteiger partial charge in [0.15, 0.2) is 5.65 Å². The van der Waals surface area contributed by atoms with Gasteiger partial charge in [0.25, 0.3) is 0 Å². The molecular formula is C13H21N5OS. The number of hydrogen-bond acceptors (Lipinski definition) is 6. The number of imidazole rings is 1. The number of hydrogen-bond donors (Lipinski definition) is 1. The summed E-state index contributed by atoms with van der Waals surface area (Å²) >= 11 is 1.55. The van der Waals surface area contributed by atoms with Gasteiger partial charge in [0.05, 0.1) is 19.0 Å². The molecule has 0 aliphatic heterocycles. The molecule has 2 aromatic heterocycles. The summed E-state index contributed by atoms with van der Waals surface area (Å²) in [6, 6.07) is 0. The molecule has 0 spiro atoms. The molecule has 0 fully saturated rings. The molecule has 0 radical (unpaired) electrons. The van der Waals surface area contributed by atoms with Gasteiger partial charge in [0.2, 0.25) is 0 Å². The molecule has 0 bridgehead atoms. The van der Waals surface area contributed by atoms with Crippen LogP contribution in [0, 0.1) is 0 Å². The van der Waals surface area contributed by atoms with Crippen molar-refractivity contribution in [2.75, 3.05) is 25.9 Å². The molecular weight excluding hydrogens is 274 g/mol. The lowest BCUT2D eigenvalue weighted by molar-refractivity contribution is 0.104. The zero-order chi connectivity index (χ0) is 14.5. The largest absolute Gasteiger partial charge is 0.390 e. The monoisotopic (exact) mass is 295 g/mol. The van der Waals surface area contributed by atoms with Gasteiger partial charge in [0, 0.05) is 6.54 Å². The Labute approximate surface area is 123 Å². The highest BCUT2D eigenvalue weighted by atomic mass is 32.2. The van der Waals surface area contributed by atoms with Crippen LogP contribution in [0.25, 0.3) is 11.2 Å². The van der Waals surface area contributed by atoms with Gasteiger partial charge in [-0.05, 0) is 19.3 Å². The van der Waals surface area contributed by atoms with E-state index < -0.39 is 6.10 Å². The fourth-order valence-corrected chi connectivity index (χ4v) is 2.70. The van der Waals surface area contributed by atoms with Crippen LogP contribution < -0.4 is 0 Å². The van der Waals surface area contributed by atoms with Crippen LogP contribution in [-0.4, -0.2) is 61.5 Å². The van der Waals surface area contributed by atoms with E-state index in [0.717, 1.165) is 29.3 Å². The van der Waals surface area contributed by atoms with E-state index >= 15 is 0 Å². The Balaban J connectivity index is 2.14. The molecule has 1 N–H and O–H groups in total. The number of aliphatic hydroxyl groups excluding tert-OH is 1. The average Bonchev–Trinajstić information content (AvgIpc) is 2.87. The van der Waals surface area contributed by atoms with Crippen molar-refractivity contribution in [3.05, 3.63) is 12.7 Å². The Bertz CT molecular complexity index is 555. The van der Waals surface area contributed by atoms with E-state index in [1.807, 2.05) is 10.8 Å². The molecule has 6 nitrogen and oxygen atoms in total. The standard InChI is InChI=1S/C13H21N5OS/c1-4-17(5-2)6-10(19)7-18-9-16-11-12(18)14-8-15-13(11)20-3/h8-10,19H,4-7H2,1-3H3/t10-/m0/s1. The first kappa shape index (κ1) is 15.2. The summed E-state index contributed by atoms with van der Waals surface area (Å²) in [5.41, 5.74) is 1.58. The van der Waals surface area contributed by atoms with Crippen molar-refractivity contribution in [2.24, 2.45) is 0 Å². The third-order valence-electron chi connectivity index (χ3n) is 3.33. The summed E-state index contributed by atoms with van der Waals surface area (Å²) in [5, 5.41) is 11.1. The quantitative estimate of drug-likeness (QED) is 0.612. The Morgan fingerprint density at radius 2 is 2.05 bits per heavy atom. The maximum absolute atomic E-state index is 10.2. The number of fused-ring (bicyclic) bond motifs is 1. The fraction of sp³-hybridized carbons (Fsp3) is 0.615. The van der Waals surface area contributed by atoms with Gasteiger partial charge < -0.3 is 14.6 Å². The first-order valence-corrected chi connectivity index (χ1v) is 8.02. The molecule has 0 aliphatic carbocycles. The van der Waals surface area contributed by atoms with Crippen LogP contribution in [0.1, 0.15) is 13.8 Å². The highest BCUT2D eigenvalue weighted by Crippen LogP contribution is 2.20. The highest BCUT2D eigenvalue weighted by Gasteiger charge is 2.14. The highest BCUT2D eigenvalue weighted by molar-refractivity contribution is 7.98. The van der Waals surface area contributed by atoms with Crippen molar-refractivity contribution in [3.8, 4) is 0 Å². The summed E-state index contributed by atoms with van der Waals surface area (Å²) < 4.78 is 1.89. The summed E-state index contributed by atoms with van der Waals surface area (Å²) in [6.45, 7) is 7.24. The minimum absolute atomic E-state index is 0.431. The van der Waals surface area contributed by atoms with E-state index in [4.69, 9.17) is 0 Å². The van der Waals surface area contributed by atoms with Crippen molar-refractivity contribution in [1.29, 1.82) is 0 Å². The van der Waals surface area contributed by atoms with E-state index in [9.17, 15) is 5.11 Å². The third-order valence-corrected chi connectivity index (χ3v) is 4.02. The van der Waals surface area contributed by atoms with Gasteiger partial charge in [0.1, 0.15) is 16.9 Å². The SMILES string of the molecule is CCN(CC)C[C@H](O)Cn1cnc2c(SC)ncnc21. The number of nitrogens with zero attached hydrogens (tertiary/aromatic N) is 5. The zero-order valence-electron chi connectivity index (χ0n) is 12.2. The van der Waals surface area contributed by atoms with E-state index in [1.165, 1.54) is 0 Å². The fourth-order valence-electron chi connectivity index (χ4n) is 2.21. The van der Waals surface area contributed by atoms with Crippen LogP contribution in [0.3, 0.4) is 0 Å². The Hall–Kier alpha value is -1.18. The molecule has 0 amide bonds. The topological polar surface area (TPSA) is 67.1 Å². The molecule has 20 heavy (non-hydrogen) atoms. The minimum Gasteiger partial charge on any atom is -0.390 e. The predicted octanol–water partition coefficient (Wildman–Crippen LogP) is 1.25. The van der Waals surface area contributed by atoms with Gasteiger partial charge in [-0.2, -0.15) is 0 Å². The van der Waals surface area contributed by atoms with Gasteiger partial charge >= 0.3 is 0 Å². The lowest BCUT2D eigenvalue weighted by atomic mass is 10.3. The van der Waals surface area contributed by atoms with Crippen LogP contribution in [-0.2, 0) is 6.54 Å². The maximum atomic E-state index is 10.2. The first-order valence-electron chi connectivity index (χ1n) is 6.79. The van der Waals surface area contributed by atoms with Crippen LogP contribution in [0.2, 0.25) is 0 Å². The third kappa shape index (κ3) is 3.28. The molecule has 0 aromatic carbocycles. The van der Waals surface area contributed by atoms with Crippen LogP contribution >= 0.6 is 11.8 Å². The van der Waals surface area contributed by atoms with Crippen LogP contribution in [0.4, 0.5) is 0 Å². The first-order chi connectivity index (χ1) is 9.69. The summed E-state index contributed by atoms with van der Waals surface area (Å²) in [5.74, 6) is 0. The number of thioether (sulfide) groups is 1. The van der Waals surface area contributed by atoms with Gasteiger partial charge in [-0.3, -0.25) is 0 Å².